The average Bonchev–Trinajstić information content (AvgIpc) is 2.60. The van der Waals surface area contributed by atoms with E-state index in [1.165, 1.54) is 5.56 Å². The van der Waals surface area contributed by atoms with Crippen molar-refractivity contribution in [1.29, 1.82) is 0 Å². The summed E-state index contributed by atoms with van der Waals surface area (Å²) in [5.74, 6) is 0.859. The van der Waals surface area contributed by atoms with Gasteiger partial charge in [-0.15, -0.1) is 0 Å². The maximum Gasteiger partial charge on any atom is 0.118 e. The predicted molar refractivity (Wildman–Crippen MR) is 91.0 cm³/mol. The van der Waals surface area contributed by atoms with Crippen LogP contribution in [0.15, 0.2) is 24.3 Å². The Hall–Kier alpha value is -1.18. The lowest BCUT2D eigenvalue weighted by Gasteiger charge is -2.43. The Morgan fingerprint density at radius 3 is 2.38 bits per heavy atom. The zero-order chi connectivity index (χ0) is 17.5. The number of hydrogen-bond acceptors (Lipinski definition) is 6. The molecule has 1 aliphatic rings. The number of aliphatic hydroxyl groups excluding tert-OH is 4. The molecule has 0 aliphatic carbocycles. The molecule has 1 aromatic carbocycles. The number of β-amino-alcohol motifs (C(OH)–C–C–N with tert-alkyl or cyclic N) is 1. The summed E-state index contributed by atoms with van der Waals surface area (Å²) in [5, 5.41) is 38.9. The highest BCUT2D eigenvalue weighted by molar-refractivity contribution is 5.27. The van der Waals surface area contributed by atoms with Crippen LogP contribution in [0.4, 0.5) is 0 Å². The van der Waals surface area contributed by atoms with E-state index in [0.717, 1.165) is 31.4 Å². The van der Waals surface area contributed by atoms with Crippen LogP contribution in [0, 0.1) is 0 Å². The summed E-state index contributed by atoms with van der Waals surface area (Å²) in [6.45, 7) is 0.743. The van der Waals surface area contributed by atoms with Gasteiger partial charge in [0.2, 0.25) is 0 Å². The molecular formula is C18H29NO5. The van der Waals surface area contributed by atoms with E-state index < -0.39 is 24.4 Å². The van der Waals surface area contributed by atoms with Crippen molar-refractivity contribution in [2.45, 2.75) is 50.0 Å². The van der Waals surface area contributed by atoms with Crippen molar-refractivity contribution in [3.63, 3.8) is 0 Å². The number of rotatable bonds is 8. The zero-order valence-electron chi connectivity index (χ0n) is 14.2. The fourth-order valence-electron chi connectivity index (χ4n) is 3.25. The fourth-order valence-corrected chi connectivity index (χ4v) is 3.25. The molecule has 4 N–H and O–H groups in total. The lowest BCUT2D eigenvalue weighted by atomic mass is 9.94. The van der Waals surface area contributed by atoms with Gasteiger partial charge in [0.15, 0.2) is 0 Å². The summed E-state index contributed by atoms with van der Waals surface area (Å²) < 4.78 is 5.14. The van der Waals surface area contributed by atoms with Crippen LogP contribution in [-0.2, 0) is 6.42 Å². The molecule has 0 saturated carbocycles. The molecule has 4 atom stereocenters. The number of methoxy groups -OCH3 is 1. The van der Waals surface area contributed by atoms with Gasteiger partial charge in [-0.1, -0.05) is 18.6 Å². The van der Waals surface area contributed by atoms with Gasteiger partial charge in [0.1, 0.15) is 18.0 Å². The Morgan fingerprint density at radius 2 is 1.75 bits per heavy atom. The summed E-state index contributed by atoms with van der Waals surface area (Å²) in [4.78, 5) is 1.87. The second kappa shape index (κ2) is 9.34. The van der Waals surface area contributed by atoms with E-state index in [1.54, 1.807) is 7.11 Å². The summed E-state index contributed by atoms with van der Waals surface area (Å²) >= 11 is 0. The van der Waals surface area contributed by atoms with Gasteiger partial charge in [0.05, 0.1) is 25.9 Å². The molecular weight excluding hydrogens is 310 g/mol. The van der Waals surface area contributed by atoms with Gasteiger partial charge in [-0.25, -0.2) is 0 Å². The molecule has 0 spiro atoms. The average molecular weight is 339 g/mol. The molecule has 136 valence electrons. The van der Waals surface area contributed by atoms with Crippen LogP contribution in [0.2, 0.25) is 0 Å². The third-order valence-electron chi connectivity index (χ3n) is 4.79. The van der Waals surface area contributed by atoms with E-state index in [4.69, 9.17) is 4.74 Å². The molecule has 1 fully saturated rings. The molecule has 0 aromatic heterocycles. The van der Waals surface area contributed by atoms with Gasteiger partial charge in [0, 0.05) is 6.54 Å². The molecule has 1 aliphatic heterocycles. The Kier molecular flexibility index (Phi) is 7.45. The van der Waals surface area contributed by atoms with Crippen LogP contribution < -0.4 is 4.74 Å². The summed E-state index contributed by atoms with van der Waals surface area (Å²) in [6, 6.07) is 7.55. The first-order chi connectivity index (χ1) is 11.6. The summed E-state index contributed by atoms with van der Waals surface area (Å²) in [7, 11) is 1.65. The smallest absolute Gasteiger partial charge is 0.118 e. The van der Waals surface area contributed by atoms with E-state index in [-0.39, 0.29) is 13.2 Å². The van der Waals surface area contributed by atoms with Crippen molar-refractivity contribution in [2.24, 2.45) is 0 Å². The van der Waals surface area contributed by atoms with Crippen molar-refractivity contribution in [1.82, 2.24) is 4.90 Å². The molecule has 2 rings (SSSR count). The highest BCUT2D eigenvalue weighted by Gasteiger charge is 2.40. The Labute approximate surface area is 143 Å². The largest absolute Gasteiger partial charge is 0.497 e. The SMILES string of the molecule is COc1ccc(CCCCCN2C[C@H](O)[C@@H](O)[C@H](O)[C@H]2CO)cc1. The molecule has 1 heterocycles. The van der Waals surface area contributed by atoms with E-state index in [0.29, 0.717) is 6.54 Å². The molecule has 0 radical (unpaired) electrons. The minimum Gasteiger partial charge on any atom is -0.497 e. The highest BCUT2D eigenvalue weighted by atomic mass is 16.5. The van der Waals surface area contributed by atoms with Crippen LogP contribution in [0.3, 0.4) is 0 Å². The van der Waals surface area contributed by atoms with E-state index in [1.807, 2.05) is 17.0 Å². The number of benzene rings is 1. The first-order valence-corrected chi connectivity index (χ1v) is 8.59. The third-order valence-corrected chi connectivity index (χ3v) is 4.79. The maximum atomic E-state index is 9.95. The predicted octanol–water partition coefficient (Wildman–Crippen LogP) is 0.167. The second-order valence-corrected chi connectivity index (χ2v) is 6.45. The topological polar surface area (TPSA) is 93.4 Å². The van der Waals surface area contributed by atoms with Crippen LogP contribution in [0.25, 0.3) is 0 Å². The quantitative estimate of drug-likeness (QED) is 0.505. The third kappa shape index (κ3) is 4.91. The zero-order valence-corrected chi connectivity index (χ0v) is 14.2. The molecule has 0 unspecified atom stereocenters. The van der Waals surface area contributed by atoms with Gasteiger partial charge in [-0.05, 0) is 43.5 Å². The first-order valence-electron chi connectivity index (χ1n) is 8.59. The number of hydrogen-bond donors (Lipinski definition) is 4. The number of unbranched alkanes of at least 4 members (excludes halogenated alkanes) is 2. The second-order valence-electron chi connectivity index (χ2n) is 6.45. The van der Waals surface area contributed by atoms with Crippen molar-refractivity contribution < 1.29 is 25.2 Å². The summed E-state index contributed by atoms with van der Waals surface area (Å²) in [5.41, 5.74) is 1.27. The summed E-state index contributed by atoms with van der Waals surface area (Å²) in [6.07, 6.45) is 0.723. The Bertz CT molecular complexity index is 481. The lowest BCUT2D eigenvalue weighted by Crippen LogP contribution is -2.62. The van der Waals surface area contributed by atoms with Crippen LogP contribution >= 0.6 is 0 Å². The fraction of sp³-hybridized carbons (Fsp3) is 0.667. The van der Waals surface area contributed by atoms with Crippen LogP contribution in [0.1, 0.15) is 24.8 Å². The molecule has 24 heavy (non-hydrogen) atoms. The monoisotopic (exact) mass is 339 g/mol. The molecule has 0 amide bonds. The van der Waals surface area contributed by atoms with Crippen molar-refractivity contribution in [2.75, 3.05) is 26.8 Å². The number of piperidine rings is 1. The van der Waals surface area contributed by atoms with Crippen LogP contribution in [-0.4, -0.2) is 76.5 Å². The highest BCUT2D eigenvalue weighted by Crippen LogP contribution is 2.20. The number of aliphatic hydroxyl groups is 4. The number of ether oxygens (including phenoxy) is 1. The van der Waals surface area contributed by atoms with Gasteiger partial charge >= 0.3 is 0 Å². The van der Waals surface area contributed by atoms with Crippen molar-refractivity contribution >= 4 is 0 Å². The first kappa shape index (κ1) is 19.1. The molecule has 1 aromatic rings. The number of likely N-dealkylation sites (tertiary alicyclic amines) is 1. The van der Waals surface area contributed by atoms with Gasteiger partial charge < -0.3 is 25.2 Å². The minimum atomic E-state index is -1.19. The van der Waals surface area contributed by atoms with E-state index in [2.05, 4.69) is 12.1 Å². The van der Waals surface area contributed by atoms with Crippen LogP contribution in [0.5, 0.6) is 5.75 Å². The normalized spacial score (nSPS) is 28.0. The van der Waals surface area contributed by atoms with Crippen molar-refractivity contribution in [3.05, 3.63) is 29.8 Å². The molecule has 6 nitrogen and oxygen atoms in total. The Balaban J connectivity index is 1.70. The van der Waals surface area contributed by atoms with Crippen molar-refractivity contribution in [3.8, 4) is 5.75 Å². The van der Waals surface area contributed by atoms with Gasteiger partial charge in [-0.3, -0.25) is 4.90 Å². The van der Waals surface area contributed by atoms with E-state index in [9.17, 15) is 20.4 Å². The number of aryl methyl sites for hydroxylation is 1. The molecule has 0 bridgehead atoms. The van der Waals surface area contributed by atoms with Gasteiger partial charge in [0.25, 0.3) is 0 Å². The van der Waals surface area contributed by atoms with Gasteiger partial charge in [-0.2, -0.15) is 0 Å². The standard InChI is InChI=1S/C18H29NO5/c1-24-14-8-6-13(7-9-14)5-3-2-4-10-19-11-16(21)18(23)17(22)15(19)12-20/h6-9,15-18,20-23H,2-5,10-12H2,1H3/t15-,16+,17-,18-/m1/s1. The minimum absolute atomic E-state index is 0.225. The lowest BCUT2D eigenvalue weighted by molar-refractivity contribution is -0.145. The molecule has 6 heteroatoms. The molecule has 1 saturated heterocycles. The number of nitrogens with zero attached hydrogens (tertiary/aromatic N) is 1. The van der Waals surface area contributed by atoms with E-state index >= 15 is 0 Å². The maximum absolute atomic E-state index is 9.95. The Morgan fingerprint density at radius 1 is 1.04 bits per heavy atom.